The maximum Gasteiger partial charge on any atom is 0.273 e. The van der Waals surface area contributed by atoms with Crippen LogP contribution >= 0.6 is 0 Å². The number of carbonyl (C=O) groups is 2. The monoisotopic (exact) mass is 384 g/mol. The van der Waals surface area contributed by atoms with Gasteiger partial charge in [-0.3, -0.25) is 19.7 Å². The maximum atomic E-state index is 12.9. The first-order chi connectivity index (χ1) is 14.0. The summed E-state index contributed by atoms with van der Waals surface area (Å²) in [4.78, 5) is 37.0. The zero-order chi connectivity index (χ0) is 20.5. The molecule has 140 valence electrons. The Morgan fingerprint density at radius 1 is 0.897 bits per heavy atom. The summed E-state index contributed by atoms with van der Waals surface area (Å²) in [7, 11) is 0. The van der Waals surface area contributed by atoms with E-state index in [1.54, 1.807) is 30.3 Å². The zero-order valence-corrected chi connectivity index (χ0v) is 14.9. The van der Waals surface area contributed by atoms with Crippen LogP contribution in [0.15, 0.2) is 66.7 Å². The van der Waals surface area contributed by atoms with Crippen LogP contribution in [-0.4, -0.2) is 16.7 Å². The third-order valence-corrected chi connectivity index (χ3v) is 4.39. The van der Waals surface area contributed by atoms with Crippen molar-refractivity contribution >= 4 is 23.2 Å². The summed E-state index contributed by atoms with van der Waals surface area (Å²) in [6, 6.07) is 16.7. The third-order valence-electron chi connectivity index (χ3n) is 4.39. The Hall–Kier alpha value is -4.44. The summed E-state index contributed by atoms with van der Waals surface area (Å²) in [5, 5.41) is 10.9. The number of carbonyl (C=O) groups excluding carboxylic acids is 2. The molecule has 0 saturated carbocycles. The normalized spacial score (nSPS) is 12.4. The highest BCUT2D eigenvalue weighted by atomic mass is 16.6. The Balaban J connectivity index is 1.66. The number of rotatable bonds is 4. The summed E-state index contributed by atoms with van der Waals surface area (Å²) < 4.78 is 5.64. The number of nitro benzene ring substituents is 1. The molecule has 3 aromatic carbocycles. The van der Waals surface area contributed by atoms with Gasteiger partial charge in [-0.2, -0.15) is 0 Å². The summed E-state index contributed by atoms with van der Waals surface area (Å²) in [6.45, 7) is 0. The number of benzene rings is 3. The van der Waals surface area contributed by atoms with Crippen LogP contribution in [-0.2, 0) is 0 Å². The number of imide groups is 1. The molecule has 1 heterocycles. The van der Waals surface area contributed by atoms with Crippen LogP contribution in [0.2, 0.25) is 0 Å². The smallest absolute Gasteiger partial charge is 0.273 e. The molecule has 0 radical (unpaired) electrons. The van der Waals surface area contributed by atoms with E-state index in [1.165, 1.54) is 36.4 Å². The van der Waals surface area contributed by atoms with Crippen molar-refractivity contribution in [3.8, 4) is 23.8 Å². The van der Waals surface area contributed by atoms with E-state index in [1.807, 2.05) is 0 Å². The van der Waals surface area contributed by atoms with Crippen molar-refractivity contribution in [1.29, 1.82) is 0 Å². The van der Waals surface area contributed by atoms with Gasteiger partial charge in [0.05, 0.1) is 27.8 Å². The van der Waals surface area contributed by atoms with Crippen LogP contribution in [0, 0.1) is 22.5 Å². The minimum absolute atomic E-state index is 0.116. The van der Waals surface area contributed by atoms with Gasteiger partial charge >= 0.3 is 0 Å². The second-order valence-corrected chi connectivity index (χ2v) is 6.20. The number of fused-ring (bicyclic) bond motifs is 1. The van der Waals surface area contributed by atoms with E-state index in [0.29, 0.717) is 11.3 Å². The van der Waals surface area contributed by atoms with Gasteiger partial charge in [0, 0.05) is 11.6 Å². The minimum Gasteiger partial charge on any atom is -0.457 e. The number of terminal acetylenes is 1. The molecule has 7 heteroatoms. The molecule has 1 aliphatic heterocycles. The van der Waals surface area contributed by atoms with Gasteiger partial charge in [0.1, 0.15) is 11.5 Å². The number of nitro groups is 1. The Kier molecular flexibility index (Phi) is 4.30. The molecule has 0 N–H and O–H groups in total. The van der Waals surface area contributed by atoms with E-state index in [2.05, 4.69) is 5.92 Å². The highest BCUT2D eigenvalue weighted by Gasteiger charge is 2.37. The number of hydrogen-bond donors (Lipinski definition) is 0. The lowest BCUT2D eigenvalue weighted by molar-refractivity contribution is -0.384. The lowest BCUT2D eigenvalue weighted by Crippen LogP contribution is -2.29. The van der Waals surface area contributed by atoms with Crippen molar-refractivity contribution in [1.82, 2.24) is 0 Å². The van der Waals surface area contributed by atoms with Gasteiger partial charge in [-0.1, -0.05) is 18.1 Å². The molecule has 0 aromatic heterocycles. The van der Waals surface area contributed by atoms with Crippen LogP contribution < -0.4 is 9.64 Å². The number of amides is 2. The number of anilines is 1. The second kappa shape index (κ2) is 6.94. The fraction of sp³-hybridized carbons (Fsp3) is 0. The average Bonchev–Trinajstić information content (AvgIpc) is 2.98. The van der Waals surface area contributed by atoms with Crippen LogP contribution in [0.3, 0.4) is 0 Å². The van der Waals surface area contributed by atoms with Gasteiger partial charge in [-0.15, -0.1) is 6.42 Å². The van der Waals surface area contributed by atoms with Crippen molar-refractivity contribution in [3.63, 3.8) is 0 Å². The van der Waals surface area contributed by atoms with E-state index in [9.17, 15) is 19.7 Å². The fourth-order valence-corrected chi connectivity index (χ4v) is 3.05. The number of hydrogen-bond acceptors (Lipinski definition) is 5. The Bertz CT molecular complexity index is 1230. The van der Waals surface area contributed by atoms with E-state index in [4.69, 9.17) is 11.2 Å². The lowest BCUT2D eigenvalue weighted by Gasteiger charge is -2.13. The molecule has 0 spiro atoms. The largest absolute Gasteiger partial charge is 0.457 e. The SMILES string of the molecule is C#Cc1cccc(N2C(=O)c3ccc(Oc4cccc([N+](=O)[O-])c4)cc3C2=O)c1. The highest BCUT2D eigenvalue weighted by Crippen LogP contribution is 2.33. The van der Waals surface area contributed by atoms with Gasteiger partial charge in [0.2, 0.25) is 0 Å². The predicted molar refractivity (Wildman–Crippen MR) is 105 cm³/mol. The summed E-state index contributed by atoms with van der Waals surface area (Å²) in [5.41, 5.74) is 1.24. The van der Waals surface area contributed by atoms with Gasteiger partial charge in [-0.25, -0.2) is 4.90 Å². The van der Waals surface area contributed by atoms with Gasteiger partial charge in [-0.05, 0) is 42.5 Å². The predicted octanol–water partition coefficient (Wildman–Crippen LogP) is 4.17. The fourth-order valence-electron chi connectivity index (χ4n) is 3.05. The topological polar surface area (TPSA) is 89.8 Å². The molecule has 0 saturated heterocycles. The van der Waals surface area contributed by atoms with E-state index in [-0.39, 0.29) is 28.3 Å². The average molecular weight is 384 g/mol. The quantitative estimate of drug-likeness (QED) is 0.291. The maximum absolute atomic E-state index is 12.9. The minimum atomic E-state index is -0.528. The van der Waals surface area contributed by atoms with Gasteiger partial charge in [0.25, 0.3) is 17.5 Å². The van der Waals surface area contributed by atoms with Crippen LogP contribution in [0.5, 0.6) is 11.5 Å². The summed E-state index contributed by atoms with van der Waals surface area (Å²) in [5.74, 6) is 2.05. The van der Waals surface area contributed by atoms with Crippen LogP contribution in [0.4, 0.5) is 11.4 Å². The molecule has 2 amide bonds. The molecule has 0 atom stereocenters. The molecule has 0 unspecified atom stereocenters. The Labute approximate surface area is 165 Å². The van der Waals surface area contributed by atoms with E-state index >= 15 is 0 Å². The van der Waals surface area contributed by atoms with Crippen molar-refractivity contribution < 1.29 is 19.2 Å². The first-order valence-corrected chi connectivity index (χ1v) is 8.50. The lowest BCUT2D eigenvalue weighted by atomic mass is 10.1. The van der Waals surface area contributed by atoms with Crippen molar-refractivity contribution in [3.05, 3.63) is 93.5 Å². The molecular weight excluding hydrogens is 372 g/mol. The van der Waals surface area contributed by atoms with Gasteiger partial charge in [0.15, 0.2) is 0 Å². The number of nitrogens with zero attached hydrogens (tertiary/aromatic N) is 2. The standard InChI is InChI=1S/C22H12N2O5/c1-2-14-5-3-6-15(11-14)23-21(25)19-10-9-18(13-20(19)22(23)26)29-17-8-4-7-16(12-17)24(27)28/h1,3-13H. The molecule has 4 rings (SSSR count). The summed E-state index contributed by atoms with van der Waals surface area (Å²) >= 11 is 0. The number of non-ortho nitro benzene ring substituents is 1. The first kappa shape index (κ1) is 17.9. The molecule has 0 bridgehead atoms. The second-order valence-electron chi connectivity index (χ2n) is 6.20. The van der Waals surface area contributed by atoms with E-state index < -0.39 is 16.7 Å². The van der Waals surface area contributed by atoms with Crippen molar-refractivity contribution in [2.24, 2.45) is 0 Å². The van der Waals surface area contributed by atoms with Crippen LogP contribution in [0.25, 0.3) is 0 Å². The molecule has 3 aromatic rings. The molecule has 29 heavy (non-hydrogen) atoms. The Morgan fingerprint density at radius 2 is 1.62 bits per heavy atom. The highest BCUT2D eigenvalue weighted by molar-refractivity contribution is 6.34. The molecule has 7 nitrogen and oxygen atoms in total. The first-order valence-electron chi connectivity index (χ1n) is 8.50. The molecule has 0 aliphatic carbocycles. The molecule has 1 aliphatic rings. The van der Waals surface area contributed by atoms with Gasteiger partial charge < -0.3 is 4.74 Å². The number of ether oxygens (including phenoxy) is 1. The van der Waals surface area contributed by atoms with E-state index in [0.717, 1.165) is 4.90 Å². The van der Waals surface area contributed by atoms with Crippen LogP contribution in [0.1, 0.15) is 26.3 Å². The zero-order valence-electron chi connectivity index (χ0n) is 14.9. The van der Waals surface area contributed by atoms with Crippen molar-refractivity contribution in [2.75, 3.05) is 4.90 Å². The molecular formula is C22H12N2O5. The summed E-state index contributed by atoms with van der Waals surface area (Å²) in [6.07, 6.45) is 5.40. The molecule has 0 fully saturated rings. The van der Waals surface area contributed by atoms with Crippen molar-refractivity contribution in [2.45, 2.75) is 0 Å². The Morgan fingerprint density at radius 3 is 2.38 bits per heavy atom. The third kappa shape index (κ3) is 3.19.